The van der Waals surface area contributed by atoms with Crippen LogP contribution in [0.1, 0.15) is 38.2 Å². The number of hydrogen-bond acceptors (Lipinski definition) is 6. The molecule has 1 aliphatic rings. The number of anilines is 2. The number of nitrogens with zero attached hydrogens (tertiary/aromatic N) is 3. The molecule has 1 fully saturated rings. The van der Waals surface area contributed by atoms with E-state index in [9.17, 15) is 18.0 Å². The maximum Gasteiger partial charge on any atom is 0.416 e. The highest BCUT2D eigenvalue weighted by Gasteiger charge is 2.31. The lowest BCUT2D eigenvalue weighted by molar-refractivity contribution is -0.137. The van der Waals surface area contributed by atoms with Gasteiger partial charge in [0.05, 0.1) is 24.3 Å². The van der Waals surface area contributed by atoms with Crippen molar-refractivity contribution in [3.8, 4) is 11.8 Å². The molecule has 4 rings (SSSR count). The second-order valence-corrected chi connectivity index (χ2v) is 8.37. The van der Waals surface area contributed by atoms with Gasteiger partial charge in [-0.25, -0.2) is 9.97 Å². The van der Waals surface area contributed by atoms with Crippen molar-refractivity contribution in [2.75, 3.05) is 37.4 Å². The van der Waals surface area contributed by atoms with E-state index in [2.05, 4.69) is 27.1 Å². The molecule has 1 saturated heterocycles. The van der Waals surface area contributed by atoms with E-state index in [-0.39, 0.29) is 17.2 Å². The molecular weight excluding hydrogens is 471 g/mol. The summed E-state index contributed by atoms with van der Waals surface area (Å²) in [5, 5.41) is 2.61. The van der Waals surface area contributed by atoms with Crippen LogP contribution in [0.3, 0.4) is 0 Å². The number of amides is 1. The molecule has 186 valence electrons. The molecule has 10 heteroatoms. The van der Waals surface area contributed by atoms with Crippen molar-refractivity contribution in [3.63, 3.8) is 0 Å². The fourth-order valence-corrected chi connectivity index (χ4v) is 3.68. The summed E-state index contributed by atoms with van der Waals surface area (Å²) in [6.07, 6.45) is -1.56. The van der Waals surface area contributed by atoms with Gasteiger partial charge in [-0.15, -0.1) is 0 Å². The summed E-state index contributed by atoms with van der Waals surface area (Å²) in [5.74, 6) is 5.49. The molecule has 0 radical (unpaired) electrons. The average molecular weight is 496 g/mol. The van der Waals surface area contributed by atoms with Crippen LogP contribution in [0.5, 0.6) is 0 Å². The number of carbonyl (C=O) groups is 1. The minimum Gasteiger partial charge on any atom is -0.379 e. The van der Waals surface area contributed by atoms with E-state index in [0.29, 0.717) is 49.5 Å². The first-order chi connectivity index (χ1) is 17.2. The zero-order chi connectivity index (χ0) is 25.7. The van der Waals surface area contributed by atoms with Crippen molar-refractivity contribution in [1.82, 2.24) is 14.9 Å². The molecule has 0 atom stereocenters. The third kappa shape index (κ3) is 6.59. The second-order valence-electron chi connectivity index (χ2n) is 8.37. The largest absolute Gasteiger partial charge is 0.416 e. The van der Waals surface area contributed by atoms with Crippen molar-refractivity contribution < 1.29 is 22.7 Å². The highest BCUT2D eigenvalue weighted by Crippen LogP contribution is 2.32. The normalized spacial score (nSPS) is 14.1. The molecule has 7 nitrogen and oxygen atoms in total. The van der Waals surface area contributed by atoms with Gasteiger partial charge in [-0.2, -0.15) is 13.2 Å². The summed E-state index contributed by atoms with van der Waals surface area (Å²) in [6, 6.07) is 8.55. The van der Waals surface area contributed by atoms with Gasteiger partial charge in [0.25, 0.3) is 5.91 Å². The number of benzene rings is 2. The van der Waals surface area contributed by atoms with Gasteiger partial charge in [-0.3, -0.25) is 9.69 Å². The van der Waals surface area contributed by atoms with Crippen LogP contribution < -0.4 is 11.1 Å². The highest BCUT2D eigenvalue weighted by molar-refractivity contribution is 6.04. The van der Waals surface area contributed by atoms with Crippen molar-refractivity contribution >= 4 is 17.5 Å². The number of aromatic nitrogens is 2. The average Bonchev–Trinajstić information content (AvgIpc) is 2.84. The number of halogens is 3. The van der Waals surface area contributed by atoms with Gasteiger partial charge in [-0.1, -0.05) is 17.9 Å². The van der Waals surface area contributed by atoms with Gasteiger partial charge in [-0.05, 0) is 48.4 Å². The third-order valence-corrected chi connectivity index (χ3v) is 5.60. The number of hydrogen-bond donors (Lipinski definition) is 2. The van der Waals surface area contributed by atoms with Crippen molar-refractivity contribution in [2.45, 2.75) is 19.6 Å². The lowest BCUT2D eigenvalue weighted by Crippen LogP contribution is -2.35. The quantitative estimate of drug-likeness (QED) is 0.534. The third-order valence-electron chi connectivity index (χ3n) is 5.60. The minimum atomic E-state index is -4.54. The van der Waals surface area contributed by atoms with Crippen molar-refractivity contribution in [1.29, 1.82) is 0 Å². The molecule has 1 amide bonds. The Morgan fingerprint density at radius 2 is 1.83 bits per heavy atom. The summed E-state index contributed by atoms with van der Waals surface area (Å²) in [6.45, 7) is 4.51. The van der Waals surface area contributed by atoms with Crippen LogP contribution in [0.25, 0.3) is 0 Å². The van der Waals surface area contributed by atoms with Crippen LogP contribution in [-0.4, -0.2) is 47.1 Å². The maximum absolute atomic E-state index is 13.6. The first kappa shape index (κ1) is 25.2. The monoisotopic (exact) mass is 495 g/mol. The highest BCUT2D eigenvalue weighted by atomic mass is 19.4. The molecule has 0 bridgehead atoms. The fourth-order valence-electron chi connectivity index (χ4n) is 3.68. The number of nitrogen functional groups attached to an aromatic ring is 1. The molecule has 0 unspecified atom stereocenters. The van der Waals surface area contributed by atoms with E-state index < -0.39 is 17.6 Å². The molecular formula is C26H24F3N5O2. The van der Waals surface area contributed by atoms with Gasteiger partial charge in [0.2, 0.25) is 5.95 Å². The number of nitrogens with two attached hydrogens (primary N) is 1. The fraction of sp³-hybridized carbons (Fsp3) is 0.269. The van der Waals surface area contributed by atoms with Crippen LogP contribution in [0.4, 0.5) is 24.8 Å². The Labute approximate surface area is 206 Å². The van der Waals surface area contributed by atoms with Crippen LogP contribution in [0.15, 0.2) is 48.8 Å². The Hall–Kier alpha value is -3.94. The molecule has 0 saturated carbocycles. The molecule has 2 heterocycles. The maximum atomic E-state index is 13.6. The summed E-state index contributed by atoms with van der Waals surface area (Å²) in [4.78, 5) is 22.7. The molecule has 0 spiro atoms. The van der Waals surface area contributed by atoms with E-state index in [1.54, 1.807) is 24.3 Å². The van der Waals surface area contributed by atoms with E-state index in [1.165, 1.54) is 12.4 Å². The van der Waals surface area contributed by atoms with Gasteiger partial charge >= 0.3 is 6.18 Å². The minimum absolute atomic E-state index is 0.0744. The van der Waals surface area contributed by atoms with E-state index >= 15 is 0 Å². The smallest absolute Gasteiger partial charge is 0.379 e. The molecule has 36 heavy (non-hydrogen) atoms. The van der Waals surface area contributed by atoms with Crippen LogP contribution in [0, 0.1) is 18.8 Å². The Kier molecular flexibility index (Phi) is 7.52. The Morgan fingerprint density at radius 1 is 1.11 bits per heavy atom. The predicted molar refractivity (Wildman–Crippen MR) is 129 cm³/mol. The van der Waals surface area contributed by atoms with E-state index in [4.69, 9.17) is 10.5 Å². The first-order valence-corrected chi connectivity index (χ1v) is 11.2. The number of morpholine rings is 1. The molecule has 1 aliphatic heterocycles. The lowest BCUT2D eigenvalue weighted by atomic mass is 10.0. The number of alkyl halides is 3. The predicted octanol–water partition coefficient (Wildman–Crippen LogP) is 3.87. The van der Waals surface area contributed by atoms with Gasteiger partial charge < -0.3 is 15.8 Å². The molecule has 1 aromatic heterocycles. The zero-order valence-electron chi connectivity index (χ0n) is 19.5. The number of carbonyl (C=O) groups excluding carboxylic acids is 1. The number of ether oxygens (including phenoxy) is 1. The van der Waals surface area contributed by atoms with Crippen LogP contribution in [-0.2, 0) is 17.5 Å². The first-order valence-electron chi connectivity index (χ1n) is 11.2. The second kappa shape index (κ2) is 10.8. The lowest BCUT2D eigenvalue weighted by Gasteiger charge is -2.27. The van der Waals surface area contributed by atoms with E-state index in [0.717, 1.165) is 17.7 Å². The summed E-state index contributed by atoms with van der Waals surface area (Å²) < 4.78 is 46.0. The van der Waals surface area contributed by atoms with Crippen LogP contribution in [0.2, 0.25) is 0 Å². The number of aryl methyl sites for hydroxylation is 1. The van der Waals surface area contributed by atoms with E-state index in [1.807, 2.05) is 11.8 Å². The molecule has 3 aromatic rings. The zero-order valence-corrected chi connectivity index (χ0v) is 19.5. The standard InChI is InChI=1S/C26H24F3N5O2/c1-17-2-4-21(12-20(17)5-3-18-14-31-25(30)32-15-18)24(35)33-23-11-19(10-22(13-23)26(27,28)29)16-34-6-8-36-9-7-34/h2,4,10-15H,6-9,16H2,1H3,(H,33,35)(H2,30,31,32). The molecule has 0 aliphatic carbocycles. The Morgan fingerprint density at radius 3 is 2.53 bits per heavy atom. The van der Waals surface area contributed by atoms with Gasteiger partial charge in [0.15, 0.2) is 0 Å². The van der Waals surface area contributed by atoms with Gasteiger partial charge in [0.1, 0.15) is 0 Å². The molecule has 2 aromatic carbocycles. The summed E-state index contributed by atoms with van der Waals surface area (Å²) in [5.41, 5.74) is 7.45. The SMILES string of the molecule is Cc1ccc(C(=O)Nc2cc(CN3CCOCC3)cc(C(F)(F)F)c2)cc1C#Cc1cnc(N)nc1. The number of nitrogens with one attached hydrogen (secondary N) is 1. The van der Waals surface area contributed by atoms with Crippen molar-refractivity contribution in [3.05, 3.63) is 82.2 Å². The van der Waals surface area contributed by atoms with Crippen molar-refractivity contribution in [2.24, 2.45) is 0 Å². The van der Waals surface area contributed by atoms with Crippen LogP contribution >= 0.6 is 0 Å². The number of rotatable bonds is 4. The molecule has 3 N–H and O–H groups in total. The summed E-state index contributed by atoms with van der Waals surface area (Å²) >= 11 is 0. The Balaban J connectivity index is 1.56. The topological polar surface area (TPSA) is 93.4 Å². The Bertz CT molecular complexity index is 1310. The summed E-state index contributed by atoms with van der Waals surface area (Å²) in [7, 11) is 0. The van der Waals surface area contributed by atoms with Gasteiger partial charge in [0, 0.05) is 48.8 Å².